The van der Waals surface area contributed by atoms with Crippen molar-refractivity contribution in [2.75, 3.05) is 6.54 Å². The molecule has 2 amide bonds. The number of amides is 2. The molecule has 1 rings (SSSR count). The van der Waals surface area contributed by atoms with Crippen molar-refractivity contribution >= 4 is 29.4 Å². The van der Waals surface area contributed by atoms with Crippen LogP contribution in [0.2, 0.25) is 0 Å². The first-order valence-corrected chi connectivity index (χ1v) is 10.8. The molecule has 176 valence electrons. The van der Waals surface area contributed by atoms with Crippen molar-refractivity contribution in [1.29, 1.82) is 0 Å². The number of hydrogen-bond donors (Lipinski definition) is 4. The second-order valence-corrected chi connectivity index (χ2v) is 7.87. The van der Waals surface area contributed by atoms with Crippen LogP contribution < -0.4 is 16.4 Å². The molecular formula is C23H33N3O6. The molecule has 0 radical (unpaired) electrons. The number of benzene rings is 1. The van der Waals surface area contributed by atoms with E-state index >= 15 is 0 Å². The Morgan fingerprint density at radius 1 is 0.969 bits per heavy atom. The van der Waals surface area contributed by atoms with Gasteiger partial charge in [0.2, 0.25) is 11.7 Å². The summed E-state index contributed by atoms with van der Waals surface area (Å²) in [6.45, 7) is 3.30. The van der Waals surface area contributed by atoms with Gasteiger partial charge in [-0.05, 0) is 51.1 Å². The van der Waals surface area contributed by atoms with Gasteiger partial charge in [-0.3, -0.25) is 24.0 Å². The number of nitrogens with one attached hydrogen (secondary N) is 2. The molecule has 0 spiro atoms. The highest BCUT2D eigenvalue weighted by Crippen LogP contribution is 2.10. The molecule has 0 aliphatic rings. The number of rotatable bonds is 15. The lowest BCUT2D eigenvalue weighted by Crippen LogP contribution is -2.52. The van der Waals surface area contributed by atoms with Crippen LogP contribution in [-0.4, -0.2) is 53.1 Å². The summed E-state index contributed by atoms with van der Waals surface area (Å²) in [7, 11) is 0. The molecule has 0 aliphatic heterocycles. The smallest absolute Gasteiger partial charge is 0.303 e. The number of hydrogen-bond acceptors (Lipinski definition) is 6. The molecule has 1 aromatic rings. The molecule has 5 N–H and O–H groups in total. The molecule has 0 saturated carbocycles. The lowest BCUT2D eigenvalue weighted by atomic mass is 9.99. The van der Waals surface area contributed by atoms with Gasteiger partial charge in [-0.2, -0.15) is 0 Å². The molecule has 3 atom stereocenters. The number of Topliss-reactive ketones (excluding diaryl/α,β-unsaturated/α-hetero) is 2. The van der Waals surface area contributed by atoms with Gasteiger partial charge >= 0.3 is 5.97 Å². The molecule has 32 heavy (non-hydrogen) atoms. The fourth-order valence-electron chi connectivity index (χ4n) is 3.08. The Kier molecular flexibility index (Phi) is 11.9. The number of carbonyl (C=O) groups is 5. The Bertz CT molecular complexity index is 796. The summed E-state index contributed by atoms with van der Waals surface area (Å²) < 4.78 is 0. The third kappa shape index (κ3) is 9.82. The van der Waals surface area contributed by atoms with E-state index in [-0.39, 0.29) is 31.5 Å². The summed E-state index contributed by atoms with van der Waals surface area (Å²) >= 11 is 0. The molecule has 9 nitrogen and oxygen atoms in total. The largest absolute Gasteiger partial charge is 0.481 e. The standard InChI is InChI=1S/C23H33N3O6/c1-15(11-12-20(28)29)22(31)25-18(10-6-7-13-24)21(30)23(32)26-19(16(2)27)14-17-8-4-3-5-9-17/h3-5,8-9,15,18-19H,6-7,10-14,24H2,1-2H3,(H,25,31)(H,26,32)(H,28,29). The summed E-state index contributed by atoms with van der Waals surface area (Å²) in [5, 5.41) is 13.8. The number of carboxylic acids is 1. The van der Waals surface area contributed by atoms with Crippen molar-refractivity contribution in [3.8, 4) is 0 Å². The number of ketones is 2. The Balaban J connectivity index is 2.84. The lowest BCUT2D eigenvalue weighted by molar-refractivity contribution is -0.141. The third-order valence-corrected chi connectivity index (χ3v) is 5.12. The average Bonchev–Trinajstić information content (AvgIpc) is 2.76. The van der Waals surface area contributed by atoms with Crippen LogP contribution in [-0.2, 0) is 30.4 Å². The monoisotopic (exact) mass is 447 g/mol. The van der Waals surface area contributed by atoms with Gasteiger partial charge in [0, 0.05) is 12.3 Å². The van der Waals surface area contributed by atoms with Gasteiger partial charge in [-0.25, -0.2) is 0 Å². The maximum absolute atomic E-state index is 12.8. The summed E-state index contributed by atoms with van der Waals surface area (Å²) in [5.74, 6) is -4.24. The van der Waals surface area contributed by atoms with Crippen LogP contribution in [0.25, 0.3) is 0 Å². The number of aliphatic carboxylic acids is 1. The Labute approximate surface area is 188 Å². The van der Waals surface area contributed by atoms with E-state index in [1.165, 1.54) is 6.92 Å². The zero-order valence-electron chi connectivity index (χ0n) is 18.6. The van der Waals surface area contributed by atoms with Crippen molar-refractivity contribution in [2.24, 2.45) is 11.7 Å². The van der Waals surface area contributed by atoms with Crippen molar-refractivity contribution in [3.05, 3.63) is 35.9 Å². The van der Waals surface area contributed by atoms with Gasteiger partial charge in [0.25, 0.3) is 5.91 Å². The van der Waals surface area contributed by atoms with Crippen LogP contribution in [0.5, 0.6) is 0 Å². The summed E-state index contributed by atoms with van der Waals surface area (Å²) in [4.78, 5) is 60.6. The molecule has 9 heteroatoms. The van der Waals surface area contributed by atoms with E-state index in [1.54, 1.807) is 6.92 Å². The quantitative estimate of drug-likeness (QED) is 0.231. The van der Waals surface area contributed by atoms with Gasteiger partial charge in [0.15, 0.2) is 5.78 Å². The molecule has 0 heterocycles. The first-order chi connectivity index (χ1) is 15.1. The highest BCUT2D eigenvalue weighted by Gasteiger charge is 2.30. The fraction of sp³-hybridized carbons (Fsp3) is 0.522. The van der Waals surface area contributed by atoms with Gasteiger partial charge in [-0.1, -0.05) is 37.3 Å². The van der Waals surface area contributed by atoms with E-state index in [9.17, 15) is 24.0 Å². The predicted octanol–water partition coefficient (Wildman–Crippen LogP) is 0.987. The van der Waals surface area contributed by atoms with E-state index in [1.807, 2.05) is 30.3 Å². The Morgan fingerprint density at radius 3 is 2.19 bits per heavy atom. The lowest BCUT2D eigenvalue weighted by Gasteiger charge is -2.21. The van der Waals surface area contributed by atoms with Crippen LogP contribution in [0.4, 0.5) is 0 Å². The molecule has 0 bridgehead atoms. The van der Waals surface area contributed by atoms with Crippen LogP contribution in [0.15, 0.2) is 30.3 Å². The molecule has 1 aromatic carbocycles. The van der Waals surface area contributed by atoms with Gasteiger partial charge in [-0.15, -0.1) is 0 Å². The second-order valence-electron chi connectivity index (χ2n) is 7.87. The minimum atomic E-state index is -1.08. The molecule has 0 saturated heterocycles. The maximum Gasteiger partial charge on any atom is 0.303 e. The summed E-state index contributed by atoms with van der Waals surface area (Å²) in [6.07, 6.45) is 1.52. The predicted molar refractivity (Wildman–Crippen MR) is 119 cm³/mol. The highest BCUT2D eigenvalue weighted by molar-refractivity contribution is 6.38. The van der Waals surface area contributed by atoms with Crippen molar-refractivity contribution in [2.45, 2.75) is 64.5 Å². The van der Waals surface area contributed by atoms with Gasteiger partial charge in [0.05, 0.1) is 12.1 Å². The number of carbonyl (C=O) groups excluding carboxylic acids is 4. The average molecular weight is 448 g/mol. The van der Waals surface area contributed by atoms with E-state index in [2.05, 4.69) is 10.6 Å². The molecule has 0 aromatic heterocycles. The zero-order chi connectivity index (χ0) is 24.1. The normalized spacial score (nSPS) is 13.5. The number of nitrogens with two attached hydrogens (primary N) is 1. The third-order valence-electron chi connectivity index (χ3n) is 5.12. The van der Waals surface area contributed by atoms with E-state index < -0.39 is 41.6 Å². The Morgan fingerprint density at radius 2 is 1.62 bits per heavy atom. The van der Waals surface area contributed by atoms with E-state index in [4.69, 9.17) is 10.8 Å². The first-order valence-electron chi connectivity index (χ1n) is 10.8. The summed E-state index contributed by atoms with van der Waals surface area (Å²) in [5.41, 5.74) is 6.33. The van der Waals surface area contributed by atoms with Crippen LogP contribution in [0.3, 0.4) is 0 Å². The zero-order valence-corrected chi connectivity index (χ0v) is 18.6. The number of unbranched alkanes of at least 4 members (excludes halogenated alkanes) is 1. The second kappa shape index (κ2) is 14.1. The van der Waals surface area contributed by atoms with Crippen LogP contribution in [0.1, 0.15) is 51.5 Å². The van der Waals surface area contributed by atoms with Crippen molar-refractivity contribution < 1.29 is 29.1 Å². The maximum atomic E-state index is 12.8. The molecular weight excluding hydrogens is 414 g/mol. The van der Waals surface area contributed by atoms with Crippen LogP contribution >= 0.6 is 0 Å². The fourth-order valence-corrected chi connectivity index (χ4v) is 3.08. The van der Waals surface area contributed by atoms with E-state index in [0.29, 0.717) is 19.4 Å². The van der Waals surface area contributed by atoms with Gasteiger partial charge < -0.3 is 21.5 Å². The summed E-state index contributed by atoms with van der Waals surface area (Å²) in [6, 6.07) is 7.15. The van der Waals surface area contributed by atoms with E-state index in [0.717, 1.165) is 5.56 Å². The topological polar surface area (TPSA) is 156 Å². The molecule has 0 fully saturated rings. The van der Waals surface area contributed by atoms with Gasteiger partial charge in [0.1, 0.15) is 0 Å². The minimum absolute atomic E-state index is 0.112. The van der Waals surface area contributed by atoms with Crippen LogP contribution in [0, 0.1) is 5.92 Å². The Hall–Kier alpha value is -3.07. The number of carboxylic acid groups (broad SMARTS) is 1. The SMILES string of the molecule is CC(=O)C(Cc1ccccc1)NC(=O)C(=O)C(CCCCN)NC(=O)C(C)CCC(=O)O. The first kappa shape index (κ1) is 27.0. The van der Waals surface area contributed by atoms with Crippen molar-refractivity contribution in [1.82, 2.24) is 10.6 Å². The van der Waals surface area contributed by atoms with Crippen molar-refractivity contribution in [3.63, 3.8) is 0 Å². The molecule has 3 unspecified atom stereocenters. The minimum Gasteiger partial charge on any atom is -0.481 e. The molecule has 0 aliphatic carbocycles. The highest BCUT2D eigenvalue weighted by atomic mass is 16.4.